The zero-order valence-corrected chi connectivity index (χ0v) is 11.3. The summed E-state index contributed by atoms with van der Waals surface area (Å²) >= 11 is 0. The van der Waals surface area contributed by atoms with Gasteiger partial charge in [0.1, 0.15) is 0 Å². The third kappa shape index (κ3) is 4.09. The van der Waals surface area contributed by atoms with Crippen molar-refractivity contribution >= 4 is 0 Å². The highest BCUT2D eigenvalue weighted by molar-refractivity contribution is 5.32. The second-order valence-corrected chi connectivity index (χ2v) is 4.95. The molecule has 0 spiro atoms. The Hall–Kier alpha value is -0.900. The first-order chi connectivity index (χ1) is 8.62. The number of hydrogen-bond acceptors (Lipinski definition) is 3. The van der Waals surface area contributed by atoms with Crippen LogP contribution >= 0.6 is 0 Å². The van der Waals surface area contributed by atoms with Gasteiger partial charge in [0.05, 0.1) is 19.3 Å². The minimum absolute atomic E-state index is 0.0842. The van der Waals surface area contributed by atoms with E-state index in [2.05, 4.69) is 13.8 Å². The van der Waals surface area contributed by atoms with Crippen molar-refractivity contribution in [3.63, 3.8) is 0 Å². The van der Waals surface area contributed by atoms with E-state index < -0.39 is 6.10 Å². The van der Waals surface area contributed by atoms with Gasteiger partial charge < -0.3 is 15.3 Å². The zero-order valence-electron chi connectivity index (χ0n) is 11.3. The van der Waals surface area contributed by atoms with E-state index in [9.17, 15) is 10.2 Å². The van der Waals surface area contributed by atoms with Gasteiger partial charge in [-0.05, 0) is 35.4 Å². The summed E-state index contributed by atoms with van der Waals surface area (Å²) in [5.41, 5.74) is 2.23. The minimum atomic E-state index is -0.489. The van der Waals surface area contributed by atoms with Crippen LogP contribution in [0.2, 0.25) is 0 Å². The summed E-state index contributed by atoms with van der Waals surface area (Å²) in [4.78, 5) is 0. The van der Waals surface area contributed by atoms with Crippen LogP contribution in [0.4, 0.5) is 0 Å². The first-order valence-corrected chi connectivity index (χ1v) is 6.63. The Morgan fingerprint density at radius 2 is 1.72 bits per heavy atom. The molecule has 1 aromatic carbocycles. The molecule has 2 atom stereocenters. The fourth-order valence-corrected chi connectivity index (χ4v) is 1.97. The van der Waals surface area contributed by atoms with Crippen LogP contribution in [0.5, 0.6) is 0 Å². The zero-order chi connectivity index (χ0) is 13.5. The van der Waals surface area contributed by atoms with E-state index in [1.54, 1.807) is 12.1 Å². The van der Waals surface area contributed by atoms with Gasteiger partial charge in [0.15, 0.2) is 0 Å². The standard InChI is InChI=1S/C15H24O3/c1-3-11(2)4-7-15(18)12-5-6-13(9-16)14(8-12)10-17/h5-6,8,11,15-18H,3-4,7,9-10H2,1-2H3. The van der Waals surface area contributed by atoms with Gasteiger partial charge in [-0.2, -0.15) is 0 Å². The molecule has 3 N–H and O–H groups in total. The van der Waals surface area contributed by atoms with Crippen molar-refractivity contribution in [3.05, 3.63) is 34.9 Å². The van der Waals surface area contributed by atoms with E-state index in [1.165, 1.54) is 0 Å². The summed E-state index contributed by atoms with van der Waals surface area (Å²) in [6.07, 6.45) is 2.36. The molecule has 102 valence electrons. The maximum Gasteiger partial charge on any atom is 0.0790 e. The van der Waals surface area contributed by atoms with Crippen LogP contribution < -0.4 is 0 Å². The van der Waals surface area contributed by atoms with Crippen molar-refractivity contribution in [1.29, 1.82) is 0 Å². The lowest BCUT2D eigenvalue weighted by molar-refractivity contribution is 0.157. The molecule has 3 heteroatoms. The summed E-state index contributed by atoms with van der Waals surface area (Å²) in [6, 6.07) is 5.38. The summed E-state index contributed by atoms with van der Waals surface area (Å²) in [5, 5.41) is 28.4. The number of aliphatic hydroxyl groups excluding tert-OH is 3. The second kappa shape index (κ2) is 7.52. The predicted molar refractivity (Wildman–Crippen MR) is 71.9 cm³/mol. The van der Waals surface area contributed by atoms with E-state index in [1.807, 2.05) is 6.07 Å². The van der Waals surface area contributed by atoms with E-state index in [4.69, 9.17) is 5.11 Å². The van der Waals surface area contributed by atoms with E-state index in [-0.39, 0.29) is 13.2 Å². The lowest BCUT2D eigenvalue weighted by atomic mass is 9.95. The average Bonchev–Trinajstić information content (AvgIpc) is 2.43. The molecule has 1 aromatic rings. The molecule has 18 heavy (non-hydrogen) atoms. The predicted octanol–water partition coefficient (Wildman–Crippen LogP) is 2.53. The molecule has 0 saturated carbocycles. The molecule has 0 aliphatic rings. The van der Waals surface area contributed by atoms with E-state index in [0.717, 1.165) is 30.4 Å². The number of rotatable bonds is 7. The normalized spacial score (nSPS) is 14.5. The molecular weight excluding hydrogens is 228 g/mol. The lowest BCUT2D eigenvalue weighted by Gasteiger charge is -2.15. The molecule has 0 aliphatic heterocycles. The van der Waals surface area contributed by atoms with Crippen molar-refractivity contribution in [2.24, 2.45) is 5.92 Å². The van der Waals surface area contributed by atoms with Gasteiger partial charge in [-0.25, -0.2) is 0 Å². The van der Waals surface area contributed by atoms with Crippen molar-refractivity contribution in [3.8, 4) is 0 Å². The molecular formula is C15H24O3. The Morgan fingerprint density at radius 1 is 1.06 bits per heavy atom. The topological polar surface area (TPSA) is 60.7 Å². The first-order valence-electron chi connectivity index (χ1n) is 6.63. The highest BCUT2D eigenvalue weighted by atomic mass is 16.3. The molecule has 1 rings (SSSR count). The molecule has 3 nitrogen and oxygen atoms in total. The molecule has 0 bridgehead atoms. The molecule has 0 fully saturated rings. The van der Waals surface area contributed by atoms with Crippen molar-refractivity contribution < 1.29 is 15.3 Å². The van der Waals surface area contributed by atoms with Crippen molar-refractivity contribution in [2.75, 3.05) is 0 Å². The van der Waals surface area contributed by atoms with Crippen LogP contribution in [0.1, 0.15) is 55.9 Å². The number of aliphatic hydroxyl groups is 3. The highest BCUT2D eigenvalue weighted by Gasteiger charge is 2.11. The summed E-state index contributed by atoms with van der Waals surface area (Å²) < 4.78 is 0. The van der Waals surface area contributed by atoms with Crippen molar-refractivity contribution in [1.82, 2.24) is 0 Å². The maximum absolute atomic E-state index is 10.1. The molecule has 0 aliphatic carbocycles. The van der Waals surface area contributed by atoms with Gasteiger partial charge in [0.25, 0.3) is 0 Å². The maximum atomic E-state index is 10.1. The fraction of sp³-hybridized carbons (Fsp3) is 0.600. The van der Waals surface area contributed by atoms with Gasteiger partial charge >= 0.3 is 0 Å². The smallest absolute Gasteiger partial charge is 0.0790 e. The van der Waals surface area contributed by atoms with Crippen LogP contribution in [0.15, 0.2) is 18.2 Å². The largest absolute Gasteiger partial charge is 0.392 e. The molecule has 0 amide bonds. The molecule has 0 saturated heterocycles. The molecule has 2 unspecified atom stereocenters. The summed E-state index contributed by atoms with van der Waals surface area (Å²) in [7, 11) is 0. The van der Waals surface area contributed by atoms with Crippen LogP contribution in [0, 0.1) is 5.92 Å². The third-order valence-electron chi connectivity index (χ3n) is 3.59. The summed E-state index contributed by atoms with van der Waals surface area (Å²) in [5.74, 6) is 0.619. The number of benzene rings is 1. The van der Waals surface area contributed by atoms with Gasteiger partial charge in [0, 0.05) is 0 Å². The Labute approximate surface area is 109 Å². The Balaban J connectivity index is 2.70. The second-order valence-electron chi connectivity index (χ2n) is 4.95. The van der Waals surface area contributed by atoms with Gasteiger partial charge in [-0.1, -0.05) is 38.5 Å². The molecule has 0 radical (unpaired) electrons. The highest BCUT2D eigenvalue weighted by Crippen LogP contribution is 2.24. The molecule has 0 aromatic heterocycles. The van der Waals surface area contributed by atoms with Crippen molar-refractivity contribution in [2.45, 2.75) is 52.4 Å². The van der Waals surface area contributed by atoms with E-state index in [0.29, 0.717) is 11.5 Å². The Morgan fingerprint density at radius 3 is 2.28 bits per heavy atom. The Kier molecular flexibility index (Phi) is 6.33. The van der Waals surface area contributed by atoms with E-state index >= 15 is 0 Å². The third-order valence-corrected chi connectivity index (χ3v) is 3.59. The average molecular weight is 252 g/mol. The van der Waals surface area contributed by atoms with Crippen LogP contribution in [-0.4, -0.2) is 15.3 Å². The monoisotopic (exact) mass is 252 g/mol. The van der Waals surface area contributed by atoms with Crippen LogP contribution in [0.25, 0.3) is 0 Å². The summed E-state index contributed by atoms with van der Waals surface area (Å²) in [6.45, 7) is 4.14. The van der Waals surface area contributed by atoms with Gasteiger partial charge in [-0.15, -0.1) is 0 Å². The van der Waals surface area contributed by atoms with Crippen LogP contribution in [0.3, 0.4) is 0 Å². The Bertz CT molecular complexity index is 363. The SMILES string of the molecule is CCC(C)CCC(O)c1ccc(CO)c(CO)c1. The van der Waals surface area contributed by atoms with Crippen LogP contribution in [-0.2, 0) is 13.2 Å². The number of hydrogen-bond donors (Lipinski definition) is 3. The lowest BCUT2D eigenvalue weighted by Crippen LogP contribution is -2.03. The molecule has 0 heterocycles. The minimum Gasteiger partial charge on any atom is -0.392 e. The first kappa shape index (κ1) is 15.2. The van der Waals surface area contributed by atoms with Gasteiger partial charge in [-0.3, -0.25) is 0 Å². The van der Waals surface area contributed by atoms with Gasteiger partial charge in [0.2, 0.25) is 0 Å². The quantitative estimate of drug-likeness (QED) is 0.699. The fourth-order valence-electron chi connectivity index (χ4n) is 1.97.